The molecule has 0 unspecified atom stereocenters. The Morgan fingerprint density at radius 1 is 1.26 bits per heavy atom. The van der Waals surface area contributed by atoms with Gasteiger partial charge in [-0.3, -0.25) is 15.0 Å². The summed E-state index contributed by atoms with van der Waals surface area (Å²) in [7, 11) is 0. The molecular weight excluding hydrogens is 348 g/mol. The van der Waals surface area contributed by atoms with Crippen LogP contribution >= 0.6 is 35.3 Å². The van der Waals surface area contributed by atoms with E-state index in [9.17, 15) is 9.59 Å². The number of thioether (sulfide) groups is 1. The second-order valence-corrected chi connectivity index (χ2v) is 7.47. The van der Waals surface area contributed by atoms with Crippen molar-refractivity contribution in [2.75, 3.05) is 0 Å². The monoisotopic (exact) mass is 360 g/mol. The van der Waals surface area contributed by atoms with Gasteiger partial charge in [0.15, 0.2) is 4.32 Å². The molecule has 0 radical (unpaired) electrons. The number of hydrogen-bond acceptors (Lipinski definition) is 5. The molecule has 0 bridgehead atoms. The molecule has 0 atom stereocenters. The smallest absolute Gasteiger partial charge is 0.266 e. The molecule has 2 heterocycles. The van der Waals surface area contributed by atoms with Crippen molar-refractivity contribution in [3.8, 4) is 0 Å². The van der Waals surface area contributed by atoms with Crippen LogP contribution in [0.1, 0.15) is 20.8 Å². The summed E-state index contributed by atoms with van der Waals surface area (Å²) >= 11 is 7.68. The number of carbonyl (C=O) groups is 2. The summed E-state index contributed by atoms with van der Waals surface area (Å²) in [6, 6.07) is 11.3. The third-order valence-corrected chi connectivity index (χ3v) is 5.30. The average Bonchev–Trinajstić information content (AvgIpc) is 3.14. The third kappa shape index (κ3) is 3.52. The van der Waals surface area contributed by atoms with E-state index >= 15 is 0 Å². The molecule has 4 nitrogen and oxygen atoms in total. The van der Waals surface area contributed by atoms with E-state index in [-0.39, 0.29) is 11.8 Å². The van der Waals surface area contributed by atoms with Gasteiger partial charge in [0.2, 0.25) is 0 Å². The zero-order valence-electron chi connectivity index (χ0n) is 12.1. The van der Waals surface area contributed by atoms with Gasteiger partial charge in [0.1, 0.15) is 0 Å². The number of carbonyl (C=O) groups excluding carboxylic acids is 2. The molecule has 3 rings (SSSR count). The zero-order chi connectivity index (χ0) is 16.4. The first-order chi connectivity index (χ1) is 11.0. The Kier molecular flexibility index (Phi) is 4.61. The number of nitrogens with zero attached hydrogens (tertiary/aromatic N) is 1. The maximum absolute atomic E-state index is 12.4. The van der Waals surface area contributed by atoms with Crippen molar-refractivity contribution in [3.05, 3.63) is 62.7 Å². The molecule has 7 heteroatoms. The van der Waals surface area contributed by atoms with Crippen molar-refractivity contribution < 1.29 is 9.59 Å². The molecule has 1 aliphatic heterocycles. The summed E-state index contributed by atoms with van der Waals surface area (Å²) in [6.07, 6.45) is 1.77. The molecule has 0 aliphatic carbocycles. The molecule has 1 saturated heterocycles. The van der Waals surface area contributed by atoms with Crippen molar-refractivity contribution in [3.63, 3.8) is 0 Å². The lowest BCUT2D eigenvalue weighted by molar-refractivity contribution is -0.123. The van der Waals surface area contributed by atoms with Crippen LogP contribution in [-0.4, -0.2) is 21.1 Å². The normalized spacial score (nSPS) is 16.2. The van der Waals surface area contributed by atoms with E-state index in [0.717, 1.165) is 16.1 Å². The molecule has 1 fully saturated rings. The SMILES string of the molecule is Cc1ccc(/C=C2\SC(=S)N(NC(=O)c3cccs3)C2=O)cc1. The fourth-order valence-electron chi connectivity index (χ4n) is 1.94. The Hall–Kier alpha value is -1.96. The number of hydrogen-bond donors (Lipinski definition) is 1. The van der Waals surface area contributed by atoms with Crippen molar-refractivity contribution in [2.45, 2.75) is 6.92 Å². The predicted octanol–water partition coefficient (Wildman–Crippen LogP) is 3.60. The molecule has 2 aromatic rings. The fourth-order valence-corrected chi connectivity index (χ4v) is 3.74. The van der Waals surface area contributed by atoms with Crippen LogP contribution in [0.15, 0.2) is 46.7 Å². The highest BCUT2D eigenvalue weighted by molar-refractivity contribution is 8.26. The van der Waals surface area contributed by atoms with Crippen LogP contribution in [0.25, 0.3) is 6.08 Å². The third-order valence-electron chi connectivity index (χ3n) is 3.13. The summed E-state index contributed by atoms with van der Waals surface area (Å²) in [6.45, 7) is 2.00. The highest BCUT2D eigenvalue weighted by Gasteiger charge is 2.33. The standard InChI is InChI=1S/C16H12N2O2S3/c1-10-4-6-11(7-5-10)9-13-15(20)18(16(21)23-13)17-14(19)12-3-2-8-22-12/h2-9H,1H3,(H,17,19)/b13-9-. The van der Waals surface area contributed by atoms with Crippen LogP contribution in [0.3, 0.4) is 0 Å². The van der Waals surface area contributed by atoms with E-state index in [2.05, 4.69) is 5.43 Å². The molecule has 0 saturated carbocycles. The van der Waals surface area contributed by atoms with Crippen LogP contribution in [-0.2, 0) is 4.79 Å². The minimum absolute atomic E-state index is 0.314. The van der Waals surface area contributed by atoms with Gasteiger partial charge in [0, 0.05) is 0 Å². The summed E-state index contributed by atoms with van der Waals surface area (Å²) in [5, 5.41) is 2.93. The van der Waals surface area contributed by atoms with Crippen molar-refractivity contribution in [1.82, 2.24) is 10.4 Å². The van der Waals surface area contributed by atoms with Crippen LogP contribution in [0.5, 0.6) is 0 Å². The molecule has 2 amide bonds. The first kappa shape index (κ1) is 15.9. The lowest BCUT2D eigenvalue weighted by Crippen LogP contribution is -2.44. The van der Waals surface area contributed by atoms with Gasteiger partial charge in [-0.2, -0.15) is 5.01 Å². The molecule has 1 aliphatic rings. The van der Waals surface area contributed by atoms with Crippen molar-refractivity contribution in [2.24, 2.45) is 0 Å². The van der Waals surface area contributed by atoms with Gasteiger partial charge in [-0.25, -0.2) is 0 Å². The lowest BCUT2D eigenvalue weighted by atomic mass is 10.1. The Labute approximate surface area is 147 Å². The Bertz CT molecular complexity index is 795. The van der Waals surface area contributed by atoms with Crippen LogP contribution in [0.2, 0.25) is 0 Å². The Morgan fingerprint density at radius 2 is 2.00 bits per heavy atom. The second-order valence-electron chi connectivity index (χ2n) is 4.85. The number of thiocarbonyl (C=S) groups is 1. The topological polar surface area (TPSA) is 49.4 Å². The van der Waals surface area contributed by atoms with E-state index in [1.807, 2.05) is 31.2 Å². The van der Waals surface area contributed by atoms with Gasteiger partial charge in [0.05, 0.1) is 9.78 Å². The maximum Gasteiger partial charge on any atom is 0.285 e. The van der Waals surface area contributed by atoms with Gasteiger partial charge in [-0.15, -0.1) is 11.3 Å². The van der Waals surface area contributed by atoms with Crippen LogP contribution in [0.4, 0.5) is 0 Å². The van der Waals surface area contributed by atoms with Gasteiger partial charge in [-0.05, 0) is 42.2 Å². The van der Waals surface area contributed by atoms with Crippen LogP contribution in [0, 0.1) is 6.92 Å². The van der Waals surface area contributed by atoms with Gasteiger partial charge >= 0.3 is 0 Å². The van der Waals surface area contributed by atoms with E-state index in [1.165, 1.54) is 23.1 Å². The minimum atomic E-state index is -0.340. The quantitative estimate of drug-likeness (QED) is 0.671. The minimum Gasteiger partial charge on any atom is -0.266 e. The first-order valence-corrected chi connectivity index (χ1v) is 8.84. The summed E-state index contributed by atoms with van der Waals surface area (Å²) in [5.41, 5.74) is 4.63. The number of thiophene rings is 1. The number of benzene rings is 1. The van der Waals surface area contributed by atoms with Gasteiger partial charge in [-0.1, -0.05) is 47.7 Å². The number of amides is 2. The second kappa shape index (κ2) is 6.66. The van der Waals surface area contributed by atoms with Crippen molar-refractivity contribution in [1.29, 1.82) is 0 Å². The highest BCUT2D eigenvalue weighted by Crippen LogP contribution is 2.31. The Morgan fingerprint density at radius 3 is 2.65 bits per heavy atom. The summed E-state index contributed by atoms with van der Waals surface area (Å²) in [4.78, 5) is 25.5. The molecule has 116 valence electrons. The van der Waals surface area contributed by atoms with E-state index in [1.54, 1.807) is 23.6 Å². The largest absolute Gasteiger partial charge is 0.285 e. The predicted molar refractivity (Wildman–Crippen MR) is 98.0 cm³/mol. The van der Waals surface area contributed by atoms with E-state index in [4.69, 9.17) is 12.2 Å². The number of hydrazine groups is 1. The summed E-state index contributed by atoms with van der Waals surface area (Å²) in [5.74, 6) is -0.654. The van der Waals surface area contributed by atoms with Crippen molar-refractivity contribution >= 4 is 57.5 Å². The molecular formula is C16H12N2O2S3. The first-order valence-electron chi connectivity index (χ1n) is 6.74. The fraction of sp³-hybridized carbons (Fsp3) is 0.0625. The number of aryl methyl sites for hydroxylation is 1. The molecule has 23 heavy (non-hydrogen) atoms. The molecule has 1 aromatic heterocycles. The van der Waals surface area contributed by atoms with E-state index in [0.29, 0.717) is 14.1 Å². The lowest BCUT2D eigenvalue weighted by Gasteiger charge is -2.14. The number of nitrogens with one attached hydrogen (secondary N) is 1. The maximum atomic E-state index is 12.4. The highest BCUT2D eigenvalue weighted by atomic mass is 32.2. The summed E-state index contributed by atoms with van der Waals surface area (Å²) < 4.78 is 0.318. The van der Waals surface area contributed by atoms with Gasteiger partial charge in [0.25, 0.3) is 11.8 Å². The number of rotatable bonds is 3. The molecule has 1 N–H and O–H groups in total. The molecule has 1 aromatic carbocycles. The van der Waals surface area contributed by atoms with Crippen LogP contribution < -0.4 is 5.43 Å². The van der Waals surface area contributed by atoms with Gasteiger partial charge < -0.3 is 0 Å². The Balaban J connectivity index is 1.77. The molecule has 0 spiro atoms. The van der Waals surface area contributed by atoms with E-state index < -0.39 is 0 Å². The average molecular weight is 360 g/mol. The zero-order valence-corrected chi connectivity index (χ0v) is 14.6.